The lowest BCUT2D eigenvalue weighted by molar-refractivity contribution is 0.100. The number of hydrogen-bond acceptors (Lipinski definition) is 7. The summed E-state index contributed by atoms with van der Waals surface area (Å²) in [6, 6.07) is 10.7. The third-order valence-corrected chi connectivity index (χ3v) is 6.02. The fraction of sp³-hybridized carbons (Fsp3) is 0.320. The molecule has 0 saturated carbocycles. The lowest BCUT2D eigenvalue weighted by atomic mass is 10.1. The number of carbonyl (C=O) groups excluding carboxylic acids is 1. The Kier molecular flexibility index (Phi) is 7.18. The second-order valence-electron chi connectivity index (χ2n) is 8.97. The molecule has 3 heterocycles. The van der Waals surface area contributed by atoms with Gasteiger partial charge in [-0.15, -0.1) is 0 Å². The molecule has 5 N–H and O–H groups in total. The van der Waals surface area contributed by atoms with Crippen LogP contribution in [0.3, 0.4) is 0 Å². The summed E-state index contributed by atoms with van der Waals surface area (Å²) < 4.78 is 1.61. The third kappa shape index (κ3) is 5.45. The molecule has 4 rings (SSSR count). The maximum absolute atomic E-state index is 13.1. The van der Waals surface area contributed by atoms with Crippen LogP contribution < -0.4 is 26.8 Å². The van der Waals surface area contributed by atoms with E-state index >= 15 is 0 Å². The zero-order chi connectivity index (χ0) is 25.8. The number of piperidine rings is 1. The number of anilines is 3. The van der Waals surface area contributed by atoms with Gasteiger partial charge in [0.2, 0.25) is 5.95 Å². The molecule has 1 aliphatic heterocycles. The van der Waals surface area contributed by atoms with Crippen LogP contribution in [-0.2, 0) is 0 Å². The molecule has 3 aromatic rings. The number of amides is 2. The lowest BCUT2D eigenvalue weighted by Gasteiger charge is -2.32. The molecule has 36 heavy (non-hydrogen) atoms. The van der Waals surface area contributed by atoms with Crippen molar-refractivity contribution < 1.29 is 14.7 Å². The van der Waals surface area contributed by atoms with Gasteiger partial charge >= 0.3 is 6.09 Å². The van der Waals surface area contributed by atoms with Crippen LogP contribution in [-0.4, -0.2) is 50.8 Å². The third-order valence-electron chi connectivity index (χ3n) is 6.02. The number of benzene rings is 1. The highest BCUT2D eigenvalue weighted by molar-refractivity contribution is 5.98. The summed E-state index contributed by atoms with van der Waals surface area (Å²) in [6.07, 6.45) is 3.43. The number of carboxylic acid groups (broad SMARTS) is 1. The number of primary amides is 1. The average molecular weight is 492 g/mol. The predicted molar refractivity (Wildman–Crippen MR) is 137 cm³/mol. The first-order chi connectivity index (χ1) is 17.2. The van der Waals surface area contributed by atoms with Crippen LogP contribution in [0.5, 0.6) is 0 Å². The Hall–Kier alpha value is -4.41. The Morgan fingerprint density at radius 3 is 2.64 bits per heavy atom. The molecular weight excluding hydrogens is 462 g/mol. The summed E-state index contributed by atoms with van der Waals surface area (Å²) >= 11 is 0. The first-order valence-electron chi connectivity index (χ1n) is 11.7. The highest BCUT2D eigenvalue weighted by atomic mass is 16.4. The van der Waals surface area contributed by atoms with Gasteiger partial charge in [0, 0.05) is 43.1 Å². The topological polar surface area (TPSA) is 155 Å². The number of nitrogens with one attached hydrogen (secondary N) is 2. The van der Waals surface area contributed by atoms with Crippen molar-refractivity contribution >= 4 is 29.5 Å². The average Bonchev–Trinajstić information content (AvgIpc) is 2.85. The van der Waals surface area contributed by atoms with Crippen molar-refractivity contribution in [2.75, 3.05) is 23.3 Å². The number of nitrogens with zero attached hydrogens (tertiary/aromatic N) is 4. The Balaban J connectivity index is 1.72. The van der Waals surface area contributed by atoms with Gasteiger partial charge in [-0.2, -0.15) is 4.98 Å². The fourth-order valence-electron chi connectivity index (χ4n) is 4.27. The van der Waals surface area contributed by atoms with E-state index in [0.29, 0.717) is 36.7 Å². The highest BCUT2D eigenvalue weighted by Gasteiger charge is 2.24. The second kappa shape index (κ2) is 10.5. The van der Waals surface area contributed by atoms with Gasteiger partial charge in [-0.25, -0.2) is 9.78 Å². The maximum atomic E-state index is 13.1. The number of carbonyl (C=O) groups is 2. The van der Waals surface area contributed by atoms with Crippen molar-refractivity contribution in [3.8, 4) is 11.1 Å². The minimum absolute atomic E-state index is 0.0968. The summed E-state index contributed by atoms with van der Waals surface area (Å²) in [5.74, 6) is -0.151. The summed E-state index contributed by atoms with van der Waals surface area (Å²) in [4.78, 5) is 47.1. The van der Waals surface area contributed by atoms with Crippen molar-refractivity contribution in [1.29, 1.82) is 0 Å². The molecule has 0 aliphatic carbocycles. The molecule has 1 unspecified atom stereocenters. The van der Waals surface area contributed by atoms with Gasteiger partial charge in [-0.05, 0) is 38.3 Å². The summed E-state index contributed by atoms with van der Waals surface area (Å²) in [7, 11) is 0. The van der Waals surface area contributed by atoms with Crippen molar-refractivity contribution in [3.63, 3.8) is 0 Å². The van der Waals surface area contributed by atoms with Gasteiger partial charge in [0.05, 0.1) is 5.69 Å². The van der Waals surface area contributed by atoms with Gasteiger partial charge in [-0.1, -0.05) is 30.3 Å². The van der Waals surface area contributed by atoms with Crippen molar-refractivity contribution in [1.82, 2.24) is 19.9 Å². The maximum Gasteiger partial charge on any atom is 0.404 e. The van der Waals surface area contributed by atoms with Crippen molar-refractivity contribution in [2.45, 2.75) is 38.8 Å². The molecule has 11 heteroatoms. The van der Waals surface area contributed by atoms with E-state index in [9.17, 15) is 14.4 Å². The van der Waals surface area contributed by atoms with E-state index < -0.39 is 12.0 Å². The number of nitrogens with two attached hydrogens (primary N) is 1. The minimum Gasteiger partial charge on any atom is -0.465 e. The van der Waals surface area contributed by atoms with Crippen LogP contribution in [0.2, 0.25) is 0 Å². The zero-order valence-electron chi connectivity index (χ0n) is 20.1. The minimum atomic E-state index is -1.08. The lowest BCUT2D eigenvalue weighted by Crippen LogP contribution is -2.48. The largest absolute Gasteiger partial charge is 0.465 e. The molecule has 1 fully saturated rings. The normalized spacial score (nSPS) is 15.5. The first kappa shape index (κ1) is 24.7. The molecule has 2 amide bonds. The van der Waals surface area contributed by atoms with Crippen molar-refractivity contribution in [2.24, 2.45) is 5.73 Å². The Bertz CT molecular complexity index is 1320. The molecule has 1 aromatic carbocycles. The Morgan fingerprint density at radius 2 is 1.97 bits per heavy atom. The Morgan fingerprint density at radius 1 is 1.22 bits per heavy atom. The SMILES string of the molecule is CC(C)n1cc(Nc2nc(N3CCCC(NC(=O)O)C3)ncc2C(N)=O)cc(-c2ccccc2)c1=O. The molecule has 188 valence electrons. The van der Waals surface area contributed by atoms with Crippen LogP contribution in [0.25, 0.3) is 11.1 Å². The van der Waals surface area contributed by atoms with Crippen LogP contribution in [0.15, 0.2) is 53.6 Å². The second-order valence-corrected chi connectivity index (χ2v) is 8.97. The number of hydrogen-bond donors (Lipinski definition) is 4. The van der Waals surface area contributed by atoms with E-state index in [1.165, 1.54) is 6.20 Å². The van der Waals surface area contributed by atoms with Gasteiger partial charge < -0.3 is 30.9 Å². The predicted octanol–water partition coefficient (Wildman–Crippen LogP) is 2.97. The van der Waals surface area contributed by atoms with Crippen molar-refractivity contribution in [3.05, 3.63) is 64.7 Å². The number of aromatic nitrogens is 3. The summed E-state index contributed by atoms with van der Waals surface area (Å²) in [5, 5.41) is 14.7. The number of rotatable bonds is 7. The molecule has 11 nitrogen and oxygen atoms in total. The van der Waals surface area contributed by atoms with Gasteiger partial charge in [0.15, 0.2) is 0 Å². The van der Waals surface area contributed by atoms with E-state index in [1.807, 2.05) is 49.1 Å². The van der Waals surface area contributed by atoms with Gasteiger partial charge in [0.25, 0.3) is 11.5 Å². The molecule has 1 aliphatic rings. The van der Waals surface area contributed by atoms with E-state index in [4.69, 9.17) is 10.8 Å². The molecule has 1 saturated heterocycles. The monoisotopic (exact) mass is 491 g/mol. The fourth-order valence-corrected chi connectivity index (χ4v) is 4.27. The first-order valence-corrected chi connectivity index (χ1v) is 11.7. The van der Waals surface area contributed by atoms with Crippen LogP contribution in [0, 0.1) is 0 Å². The molecule has 0 radical (unpaired) electrons. The van der Waals surface area contributed by atoms with Crippen LogP contribution in [0.4, 0.5) is 22.2 Å². The Labute approximate surface area is 208 Å². The molecule has 1 atom stereocenters. The molecule has 2 aromatic heterocycles. The molecule has 0 spiro atoms. The standard InChI is InChI=1S/C25H29N7O4/c1-15(2)32-14-18(11-19(23(32)34)16-7-4-3-5-8-16)28-22-20(21(26)33)12-27-24(30-22)31-10-6-9-17(13-31)29-25(35)36/h3-5,7-8,11-12,14-15,17,29H,6,9-10,13H2,1-2H3,(H2,26,33)(H,35,36)(H,27,28,30). The van der Waals surface area contributed by atoms with E-state index in [0.717, 1.165) is 12.0 Å². The smallest absolute Gasteiger partial charge is 0.404 e. The van der Waals surface area contributed by atoms with E-state index in [2.05, 4.69) is 20.6 Å². The summed E-state index contributed by atoms with van der Waals surface area (Å²) in [5.41, 5.74) is 7.38. The van der Waals surface area contributed by atoms with Gasteiger partial charge in [-0.3, -0.25) is 9.59 Å². The zero-order valence-corrected chi connectivity index (χ0v) is 20.1. The van der Waals surface area contributed by atoms with Gasteiger partial charge in [0.1, 0.15) is 11.4 Å². The number of pyridine rings is 1. The quantitative estimate of drug-likeness (QED) is 0.393. The van der Waals surface area contributed by atoms with Crippen LogP contribution in [0.1, 0.15) is 43.1 Å². The molecular formula is C25H29N7O4. The van der Waals surface area contributed by atoms with E-state index in [1.54, 1.807) is 16.8 Å². The molecule has 0 bridgehead atoms. The highest BCUT2D eigenvalue weighted by Crippen LogP contribution is 2.26. The van der Waals surface area contributed by atoms with E-state index in [-0.39, 0.29) is 29.0 Å². The summed E-state index contributed by atoms with van der Waals surface area (Å²) in [6.45, 7) is 4.87. The van der Waals surface area contributed by atoms with Crippen LogP contribution >= 0.6 is 0 Å².